The monoisotopic (exact) mass is 388 g/mol. The average molecular weight is 388 g/mol. The zero-order valence-electron chi connectivity index (χ0n) is 15.5. The molecule has 1 aromatic heterocycles. The lowest BCUT2D eigenvalue weighted by Crippen LogP contribution is -2.42. The minimum absolute atomic E-state index is 0.00297. The van der Waals surface area contributed by atoms with E-state index in [4.69, 9.17) is 0 Å². The van der Waals surface area contributed by atoms with Crippen LogP contribution in [0.5, 0.6) is 0 Å². The molecule has 1 aliphatic heterocycles. The third-order valence-electron chi connectivity index (χ3n) is 4.61. The molecule has 0 saturated heterocycles. The second kappa shape index (κ2) is 7.79. The number of halogens is 1. The van der Waals surface area contributed by atoms with Crippen molar-refractivity contribution in [2.24, 2.45) is 5.92 Å². The molecule has 3 N–H and O–H groups in total. The largest absolute Gasteiger partial charge is 0.329 e. The van der Waals surface area contributed by atoms with Gasteiger partial charge in [0.05, 0.1) is 17.2 Å². The number of aromatic nitrogens is 2. The number of anilines is 2. The Balaban J connectivity index is 2.03. The van der Waals surface area contributed by atoms with E-state index >= 15 is 0 Å². The van der Waals surface area contributed by atoms with Crippen molar-refractivity contribution in [2.45, 2.75) is 39.2 Å². The molecule has 28 heavy (non-hydrogen) atoms. The number of para-hydroxylation sites is 1. The first-order valence-corrected chi connectivity index (χ1v) is 9.00. The number of carbonyl (C=O) groups excluding carboxylic acids is 2. The van der Waals surface area contributed by atoms with Crippen LogP contribution in [0, 0.1) is 11.7 Å². The highest BCUT2D eigenvalue weighted by Crippen LogP contribution is 2.30. The van der Waals surface area contributed by atoms with Crippen molar-refractivity contribution in [3.05, 3.63) is 56.5 Å². The van der Waals surface area contributed by atoms with Crippen LogP contribution in [0.4, 0.5) is 15.9 Å². The number of nitrogens with zero attached hydrogens (tertiary/aromatic N) is 1. The fourth-order valence-electron chi connectivity index (χ4n) is 3.12. The number of nitrogens with one attached hydrogen (secondary N) is 3. The highest BCUT2D eigenvalue weighted by molar-refractivity contribution is 6.04. The Bertz CT molecular complexity index is 1040. The quantitative estimate of drug-likeness (QED) is 0.725. The van der Waals surface area contributed by atoms with Crippen LogP contribution in [0.25, 0.3) is 0 Å². The molecule has 2 heterocycles. The summed E-state index contributed by atoms with van der Waals surface area (Å²) in [7, 11) is 0. The van der Waals surface area contributed by atoms with Crippen LogP contribution in [0.3, 0.4) is 0 Å². The summed E-state index contributed by atoms with van der Waals surface area (Å²) in [6, 6.07) is 5.60. The van der Waals surface area contributed by atoms with E-state index in [0.29, 0.717) is 6.42 Å². The number of hydrogen-bond acceptors (Lipinski definition) is 4. The van der Waals surface area contributed by atoms with Gasteiger partial charge in [-0.25, -0.2) is 9.18 Å². The molecule has 1 unspecified atom stereocenters. The fourth-order valence-corrected chi connectivity index (χ4v) is 3.12. The number of benzene rings is 1. The van der Waals surface area contributed by atoms with Crippen molar-refractivity contribution in [2.75, 3.05) is 10.6 Å². The van der Waals surface area contributed by atoms with Crippen molar-refractivity contribution in [1.82, 2.24) is 9.55 Å². The highest BCUT2D eigenvalue weighted by Gasteiger charge is 2.35. The van der Waals surface area contributed by atoms with Crippen LogP contribution in [0.2, 0.25) is 0 Å². The predicted octanol–water partition coefficient (Wildman–Crippen LogP) is 1.79. The maximum Gasteiger partial charge on any atom is 0.329 e. The first-order valence-electron chi connectivity index (χ1n) is 9.00. The molecule has 0 aliphatic carbocycles. The molecule has 0 fully saturated rings. The highest BCUT2D eigenvalue weighted by atomic mass is 19.1. The second-order valence-corrected chi connectivity index (χ2v) is 7.13. The van der Waals surface area contributed by atoms with E-state index in [-0.39, 0.29) is 36.0 Å². The molecule has 148 valence electrons. The number of amides is 2. The lowest BCUT2D eigenvalue weighted by Gasteiger charge is -2.26. The molecule has 8 nitrogen and oxygen atoms in total. The summed E-state index contributed by atoms with van der Waals surface area (Å²) < 4.78 is 15.1. The van der Waals surface area contributed by atoms with E-state index < -0.39 is 34.8 Å². The van der Waals surface area contributed by atoms with Crippen LogP contribution in [-0.2, 0) is 16.1 Å². The number of carbonyl (C=O) groups is 2. The van der Waals surface area contributed by atoms with Gasteiger partial charge in [-0.15, -0.1) is 0 Å². The SMILES string of the molecule is CC(C)CCn1c2c(c(=O)[nH]c1=O)C(C(=O)Nc1ccccc1F)CC(=O)N2. The Morgan fingerprint density at radius 2 is 2.00 bits per heavy atom. The summed E-state index contributed by atoms with van der Waals surface area (Å²) in [4.78, 5) is 51.8. The lowest BCUT2D eigenvalue weighted by atomic mass is 9.92. The van der Waals surface area contributed by atoms with Gasteiger partial charge < -0.3 is 10.6 Å². The summed E-state index contributed by atoms with van der Waals surface area (Å²) in [6.07, 6.45) is 0.360. The normalized spacial score (nSPS) is 15.9. The molecule has 0 radical (unpaired) electrons. The predicted molar refractivity (Wildman–Crippen MR) is 102 cm³/mol. The number of hydrogen-bond donors (Lipinski definition) is 3. The molecule has 3 rings (SSSR count). The number of fused-ring (bicyclic) bond motifs is 1. The first kappa shape index (κ1) is 19.5. The molecule has 2 aromatic rings. The molecular weight excluding hydrogens is 367 g/mol. The molecule has 0 bridgehead atoms. The van der Waals surface area contributed by atoms with Crippen molar-refractivity contribution in [3.8, 4) is 0 Å². The number of H-pyrrole nitrogens is 1. The Morgan fingerprint density at radius 3 is 2.68 bits per heavy atom. The Kier molecular flexibility index (Phi) is 5.43. The van der Waals surface area contributed by atoms with Crippen molar-refractivity contribution in [1.29, 1.82) is 0 Å². The van der Waals surface area contributed by atoms with E-state index in [1.54, 1.807) is 6.07 Å². The molecule has 2 amide bonds. The van der Waals surface area contributed by atoms with Gasteiger partial charge in [0, 0.05) is 13.0 Å². The smallest absolute Gasteiger partial charge is 0.323 e. The second-order valence-electron chi connectivity index (χ2n) is 7.13. The van der Waals surface area contributed by atoms with E-state index in [0.717, 1.165) is 0 Å². The van der Waals surface area contributed by atoms with Crippen LogP contribution >= 0.6 is 0 Å². The molecule has 0 spiro atoms. The molecule has 9 heteroatoms. The van der Waals surface area contributed by atoms with Gasteiger partial charge in [0.25, 0.3) is 5.56 Å². The summed E-state index contributed by atoms with van der Waals surface area (Å²) in [5.74, 6) is -2.65. The van der Waals surface area contributed by atoms with Crippen LogP contribution in [0.1, 0.15) is 38.2 Å². The van der Waals surface area contributed by atoms with Crippen molar-refractivity contribution in [3.63, 3.8) is 0 Å². The van der Waals surface area contributed by atoms with E-state index in [1.807, 2.05) is 13.8 Å². The standard InChI is InChI=1S/C19H21FN4O4/c1-10(2)7-8-24-16-15(18(27)23-19(24)28)11(9-14(25)22-16)17(26)21-13-6-4-3-5-12(13)20/h3-6,10-11H,7-9H2,1-2H3,(H,21,26)(H,22,25)(H,23,27,28). The van der Waals surface area contributed by atoms with E-state index in [2.05, 4.69) is 15.6 Å². The van der Waals surface area contributed by atoms with Gasteiger partial charge in [-0.05, 0) is 24.5 Å². The molecular formula is C19H21FN4O4. The van der Waals surface area contributed by atoms with E-state index in [1.165, 1.54) is 22.8 Å². The Hall–Kier alpha value is -3.23. The van der Waals surface area contributed by atoms with Crippen LogP contribution < -0.4 is 21.9 Å². The third-order valence-corrected chi connectivity index (χ3v) is 4.61. The minimum Gasteiger partial charge on any atom is -0.323 e. The van der Waals surface area contributed by atoms with Crippen molar-refractivity contribution >= 4 is 23.3 Å². The minimum atomic E-state index is -1.14. The Labute approximate surface area is 159 Å². The third kappa shape index (κ3) is 3.88. The summed E-state index contributed by atoms with van der Waals surface area (Å²) >= 11 is 0. The van der Waals surface area contributed by atoms with Crippen molar-refractivity contribution < 1.29 is 14.0 Å². The lowest BCUT2D eigenvalue weighted by molar-refractivity contribution is -0.123. The topological polar surface area (TPSA) is 113 Å². The van der Waals surface area contributed by atoms with Gasteiger partial charge in [-0.2, -0.15) is 0 Å². The number of rotatable bonds is 5. The van der Waals surface area contributed by atoms with E-state index in [9.17, 15) is 23.6 Å². The van der Waals surface area contributed by atoms with Gasteiger partial charge in [0.2, 0.25) is 11.8 Å². The number of aromatic amines is 1. The molecule has 1 aromatic carbocycles. The zero-order chi connectivity index (χ0) is 20.4. The van der Waals surface area contributed by atoms with Gasteiger partial charge in [-0.1, -0.05) is 26.0 Å². The van der Waals surface area contributed by atoms with Crippen LogP contribution in [0.15, 0.2) is 33.9 Å². The summed E-state index contributed by atoms with van der Waals surface area (Å²) in [5, 5.41) is 4.96. The fraction of sp³-hybridized carbons (Fsp3) is 0.368. The summed E-state index contributed by atoms with van der Waals surface area (Å²) in [6.45, 7) is 4.23. The first-order chi connectivity index (χ1) is 13.3. The van der Waals surface area contributed by atoms with Gasteiger partial charge in [0.1, 0.15) is 11.6 Å². The van der Waals surface area contributed by atoms with Gasteiger partial charge >= 0.3 is 5.69 Å². The Morgan fingerprint density at radius 1 is 1.29 bits per heavy atom. The zero-order valence-corrected chi connectivity index (χ0v) is 15.5. The van der Waals surface area contributed by atoms with Crippen LogP contribution in [-0.4, -0.2) is 21.4 Å². The summed E-state index contributed by atoms with van der Waals surface area (Å²) in [5.41, 5.74) is -1.45. The molecule has 0 saturated carbocycles. The maximum atomic E-state index is 13.9. The maximum absolute atomic E-state index is 13.9. The van der Waals surface area contributed by atoms with Gasteiger partial charge in [0.15, 0.2) is 0 Å². The molecule has 1 atom stereocenters. The van der Waals surface area contributed by atoms with Gasteiger partial charge in [-0.3, -0.25) is 23.9 Å². The average Bonchev–Trinajstić information content (AvgIpc) is 2.62. The molecule has 1 aliphatic rings.